The number of carbonyl (C=O) groups is 3. The Kier molecular flexibility index (Phi) is 5.86. The van der Waals surface area contributed by atoms with E-state index in [1.54, 1.807) is 11.0 Å². The summed E-state index contributed by atoms with van der Waals surface area (Å²) in [7, 11) is 0. The maximum Gasteiger partial charge on any atom is 0.416 e. The molecule has 32 heavy (non-hydrogen) atoms. The van der Waals surface area contributed by atoms with Gasteiger partial charge in [0, 0.05) is 18.7 Å². The summed E-state index contributed by atoms with van der Waals surface area (Å²) in [4.78, 5) is 43.4. The second-order valence-electron chi connectivity index (χ2n) is 7.88. The highest BCUT2D eigenvalue weighted by atomic mass is 19.4. The molecule has 2 aliphatic rings. The SMILES string of the molecule is O=C1CN(CC(=O)N2CCCC2c2cccc(Cc3ccc(C(F)(F)F)cc3)n2)C(=O)N1. The molecule has 1 aromatic carbocycles. The third kappa shape index (κ3) is 4.74. The number of likely N-dealkylation sites (tertiary alicyclic amines) is 1. The molecule has 0 aliphatic carbocycles. The number of amides is 4. The zero-order chi connectivity index (χ0) is 22.9. The molecule has 4 amide bonds. The largest absolute Gasteiger partial charge is 0.416 e. The molecular weight excluding hydrogens is 425 g/mol. The highest BCUT2D eigenvalue weighted by Gasteiger charge is 2.35. The van der Waals surface area contributed by atoms with Crippen molar-refractivity contribution in [3.8, 4) is 0 Å². The van der Waals surface area contributed by atoms with Gasteiger partial charge in [-0.25, -0.2) is 4.79 Å². The summed E-state index contributed by atoms with van der Waals surface area (Å²) in [6.07, 6.45) is -2.51. The van der Waals surface area contributed by atoms with Gasteiger partial charge in [-0.15, -0.1) is 0 Å². The van der Waals surface area contributed by atoms with Crippen LogP contribution in [0.25, 0.3) is 0 Å². The number of carbonyl (C=O) groups excluding carboxylic acids is 3. The van der Waals surface area contributed by atoms with Gasteiger partial charge < -0.3 is 9.80 Å². The Morgan fingerprint density at radius 3 is 2.53 bits per heavy atom. The van der Waals surface area contributed by atoms with Gasteiger partial charge in [0.25, 0.3) is 0 Å². The number of imide groups is 1. The number of nitrogens with one attached hydrogen (secondary N) is 1. The maximum absolute atomic E-state index is 12.8. The first-order valence-corrected chi connectivity index (χ1v) is 10.2. The summed E-state index contributed by atoms with van der Waals surface area (Å²) in [5, 5.41) is 2.15. The van der Waals surface area contributed by atoms with E-state index >= 15 is 0 Å². The smallest absolute Gasteiger partial charge is 0.333 e. The van der Waals surface area contributed by atoms with Crippen molar-refractivity contribution in [1.29, 1.82) is 0 Å². The van der Waals surface area contributed by atoms with Crippen LogP contribution in [0.5, 0.6) is 0 Å². The summed E-state index contributed by atoms with van der Waals surface area (Å²) in [6, 6.07) is 9.57. The Balaban J connectivity index is 1.45. The molecular formula is C22H21F3N4O3. The summed E-state index contributed by atoms with van der Waals surface area (Å²) in [5.41, 5.74) is 1.39. The molecule has 2 aromatic rings. The second kappa shape index (κ2) is 8.60. The van der Waals surface area contributed by atoms with Crippen molar-refractivity contribution >= 4 is 17.8 Å². The van der Waals surface area contributed by atoms with Crippen molar-refractivity contribution in [1.82, 2.24) is 20.1 Å². The van der Waals surface area contributed by atoms with Crippen LogP contribution < -0.4 is 5.32 Å². The second-order valence-corrected chi connectivity index (χ2v) is 7.88. The van der Waals surface area contributed by atoms with Crippen LogP contribution in [0.1, 0.15) is 41.4 Å². The fraction of sp³-hybridized carbons (Fsp3) is 0.364. The van der Waals surface area contributed by atoms with Crippen molar-refractivity contribution < 1.29 is 27.6 Å². The maximum atomic E-state index is 12.8. The molecule has 3 heterocycles. The average molecular weight is 446 g/mol. The van der Waals surface area contributed by atoms with Crippen molar-refractivity contribution in [2.45, 2.75) is 31.5 Å². The van der Waals surface area contributed by atoms with Gasteiger partial charge in [0.05, 0.1) is 17.3 Å². The molecule has 7 nitrogen and oxygen atoms in total. The van der Waals surface area contributed by atoms with Crippen LogP contribution in [0.4, 0.5) is 18.0 Å². The third-order valence-electron chi connectivity index (χ3n) is 5.60. The number of hydrogen-bond donors (Lipinski definition) is 1. The van der Waals surface area contributed by atoms with Crippen LogP contribution in [0, 0.1) is 0 Å². The molecule has 1 atom stereocenters. The van der Waals surface area contributed by atoms with E-state index in [1.807, 2.05) is 12.1 Å². The lowest BCUT2D eigenvalue weighted by atomic mass is 10.1. The summed E-state index contributed by atoms with van der Waals surface area (Å²) >= 11 is 0. The first-order valence-electron chi connectivity index (χ1n) is 10.2. The van der Waals surface area contributed by atoms with Crippen molar-refractivity contribution in [2.75, 3.05) is 19.6 Å². The van der Waals surface area contributed by atoms with Gasteiger partial charge >= 0.3 is 12.2 Å². The predicted octanol–water partition coefficient (Wildman–Crippen LogP) is 2.91. The third-order valence-corrected chi connectivity index (χ3v) is 5.60. The number of pyridine rings is 1. The topological polar surface area (TPSA) is 82.6 Å². The van der Waals surface area contributed by atoms with Gasteiger partial charge in [-0.1, -0.05) is 18.2 Å². The van der Waals surface area contributed by atoms with E-state index < -0.39 is 23.7 Å². The first-order chi connectivity index (χ1) is 15.2. The fourth-order valence-corrected chi connectivity index (χ4v) is 4.04. The molecule has 2 aliphatic heterocycles. The monoisotopic (exact) mass is 446 g/mol. The van der Waals surface area contributed by atoms with Crippen molar-refractivity contribution in [2.24, 2.45) is 0 Å². The zero-order valence-electron chi connectivity index (χ0n) is 17.1. The van der Waals surface area contributed by atoms with Crippen LogP contribution in [-0.4, -0.2) is 52.3 Å². The lowest BCUT2D eigenvalue weighted by molar-refractivity contribution is -0.137. The molecule has 0 saturated carbocycles. The molecule has 1 N–H and O–H groups in total. The van der Waals surface area contributed by atoms with Gasteiger partial charge in [0.1, 0.15) is 13.1 Å². The Hall–Kier alpha value is -3.43. The molecule has 0 radical (unpaired) electrons. The van der Waals surface area contributed by atoms with E-state index in [2.05, 4.69) is 10.3 Å². The predicted molar refractivity (Wildman–Crippen MR) is 107 cm³/mol. The van der Waals surface area contributed by atoms with E-state index in [0.29, 0.717) is 36.3 Å². The average Bonchev–Trinajstić information content (AvgIpc) is 3.34. The van der Waals surface area contributed by atoms with Crippen molar-refractivity contribution in [3.05, 3.63) is 65.0 Å². The van der Waals surface area contributed by atoms with E-state index in [1.165, 1.54) is 17.0 Å². The molecule has 10 heteroatoms. The summed E-state index contributed by atoms with van der Waals surface area (Å²) in [5.74, 6) is -0.689. The van der Waals surface area contributed by atoms with Crippen LogP contribution in [0.2, 0.25) is 0 Å². The minimum absolute atomic E-state index is 0.135. The molecule has 168 valence electrons. The summed E-state index contributed by atoms with van der Waals surface area (Å²) in [6.45, 7) is 0.209. The van der Waals surface area contributed by atoms with Crippen LogP contribution in [0.3, 0.4) is 0 Å². The first kappa shape index (κ1) is 21.8. The Bertz CT molecular complexity index is 1040. The fourth-order valence-electron chi connectivity index (χ4n) is 4.04. The molecule has 4 rings (SSSR count). The van der Waals surface area contributed by atoms with Gasteiger partial charge in [0.15, 0.2) is 0 Å². The molecule has 2 saturated heterocycles. The number of urea groups is 1. The number of hydrogen-bond acceptors (Lipinski definition) is 4. The molecule has 1 aromatic heterocycles. The standard InChI is InChI=1S/C22H21F3N4O3/c23-22(24,25)15-8-6-14(7-9-15)11-16-3-1-4-17(26-16)18-5-2-10-29(18)20(31)13-28-12-19(30)27-21(28)32/h1,3-4,6-9,18H,2,5,10-13H2,(H,27,30,32). The normalized spacial score (nSPS) is 18.9. The number of halogens is 3. The lowest BCUT2D eigenvalue weighted by Crippen LogP contribution is -2.41. The Morgan fingerprint density at radius 1 is 1.12 bits per heavy atom. The number of alkyl halides is 3. The highest BCUT2D eigenvalue weighted by molar-refractivity contribution is 6.03. The van der Waals surface area contributed by atoms with E-state index in [4.69, 9.17) is 0 Å². The Morgan fingerprint density at radius 2 is 1.88 bits per heavy atom. The molecule has 0 spiro atoms. The van der Waals surface area contributed by atoms with Gasteiger partial charge in [0.2, 0.25) is 11.8 Å². The number of aromatic nitrogens is 1. The van der Waals surface area contributed by atoms with Gasteiger partial charge in [-0.3, -0.25) is 19.9 Å². The minimum Gasteiger partial charge on any atom is -0.333 e. The lowest BCUT2D eigenvalue weighted by Gasteiger charge is -2.26. The Labute approximate surface area is 182 Å². The number of benzene rings is 1. The molecule has 0 bridgehead atoms. The van der Waals surface area contributed by atoms with Crippen LogP contribution >= 0.6 is 0 Å². The molecule has 2 fully saturated rings. The summed E-state index contributed by atoms with van der Waals surface area (Å²) < 4.78 is 38.3. The van der Waals surface area contributed by atoms with Crippen LogP contribution in [0.15, 0.2) is 42.5 Å². The quantitative estimate of drug-likeness (QED) is 0.716. The van der Waals surface area contributed by atoms with E-state index in [9.17, 15) is 27.6 Å². The van der Waals surface area contributed by atoms with Crippen LogP contribution in [-0.2, 0) is 22.2 Å². The minimum atomic E-state index is -4.38. The highest BCUT2D eigenvalue weighted by Crippen LogP contribution is 2.32. The number of rotatable bonds is 5. The van der Waals surface area contributed by atoms with Crippen molar-refractivity contribution in [3.63, 3.8) is 0 Å². The van der Waals surface area contributed by atoms with Gasteiger partial charge in [-0.2, -0.15) is 13.2 Å². The molecule has 1 unspecified atom stereocenters. The van der Waals surface area contributed by atoms with Gasteiger partial charge in [-0.05, 0) is 42.7 Å². The number of nitrogens with zero attached hydrogens (tertiary/aromatic N) is 3. The van der Waals surface area contributed by atoms with E-state index in [0.717, 1.165) is 18.6 Å². The zero-order valence-corrected chi connectivity index (χ0v) is 17.1. The van der Waals surface area contributed by atoms with E-state index in [-0.39, 0.29) is 25.0 Å².